The van der Waals surface area contributed by atoms with Crippen LogP contribution in [-0.2, 0) is 9.59 Å². The van der Waals surface area contributed by atoms with Gasteiger partial charge in [0.25, 0.3) is 0 Å². The average Bonchev–Trinajstić information content (AvgIpc) is 2.40. The topological polar surface area (TPSA) is 40.6 Å². The van der Waals surface area contributed by atoms with Crippen molar-refractivity contribution in [1.82, 2.24) is 9.80 Å². The van der Waals surface area contributed by atoms with Crippen LogP contribution in [0, 0.1) is 0 Å². The molecule has 2 rings (SSSR count). The molecule has 4 heteroatoms. The van der Waals surface area contributed by atoms with Gasteiger partial charge in [0.15, 0.2) is 0 Å². The number of piperazine rings is 1. The van der Waals surface area contributed by atoms with Gasteiger partial charge >= 0.3 is 0 Å². The predicted octanol–water partition coefficient (Wildman–Crippen LogP) is 1.56. The maximum absolute atomic E-state index is 12.5. The number of hydrogen-bond acceptors (Lipinski definition) is 2. The smallest absolute Gasteiger partial charge is 0.249 e. The minimum Gasteiger partial charge on any atom is -0.334 e. The summed E-state index contributed by atoms with van der Waals surface area (Å²) >= 11 is 0. The molecule has 1 atom stereocenters. The van der Waals surface area contributed by atoms with Crippen LogP contribution in [0.25, 0.3) is 0 Å². The Hall–Kier alpha value is -1.32. The molecule has 0 aromatic carbocycles. The SMILES string of the molecule is CC1=CCCC2C(=O)N(C(C)(C)C)CCN2C1=O. The first kappa shape index (κ1) is 13.1. The lowest BCUT2D eigenvalue weighted by Gasteiger charge is -2.45. The zero-order valence-corrected chi connectivity index (χ0v) is 11.7. The lowest BCUT2D eigenvalue weighted by atomic mass is 9.99. The molecule has 2 aliphatic heterocycles. The van der Waals surface area contributed by atoms with E-state index in [4.69, 9.17) is 0 Å². The lowest BCUT2D eigenvalue weighted by molar-refractivity contribution is -0.154. The van der Waals surface area contributed by atoms with Crippen LogP contribution in [0.1, 0.15) is 40.5 Å². The summed E-state index contributed by atoms with van der Waals surface area (Å²) in [5, 5.41) is 0. The van der Waals surface area contributed by atoms with E-state index in [1.165, 1.54) is 0 Å². The molecule has 100 valence electrons. The highest BCUT2D eigenvalue weighted by Gasteiger charge is 2.41. The molecule has 0 N–H and O–H groups in total. The van der Waals surface area contributed by atoms with E-state index in [-0.39, 0.29) is 23.4 Å². The van der Waals surface area contributed by atoms with Crippen LogP contribution >= 0.6 is 0 Å². The van der Waals surface area contributed by atoms with E-state index in [0.717, 1.165) is 18.4 Å². The molecule has 0 aromatic rings. The molecule has 0 radical (unpaired) electrons. The Kier molecular flexibility index (Phi) is 3.21. The summed E-state index contributed by atoms with van der Waals surface area (Å²) < 4.78 is 0. The Morgan fingerprint density at radius 2 is 1.89 bits per heavy atom. The van der Waals surface area contributed by atoms with Gasteiger partial charge in [0.2, 0.25) is 11.8 Å². The third-order valence-electron chi connectivity index (χ3n) is 3.79. The first-order valence-electron chi connectivity index (χ1n) is 6.61. The molecular weight excluding hydrogens is 228 g/mol. The summed E-state index contributed by atoms with van der Waals surface area (Å²) in [5.41, 5.74) is 0.607. The Morgan fingerprint density at radius 1 is 1.22 bits per heavy atom. The quantitative estimate of drug-likeness (QED) is 0.654. The molecule has 2 amide bonds. The van der Waals surface area contributed by atoms with Crippen LogP contribution < -0.4 is 0 Å². The van der Waals surface area contributed by atoms with Gasteiger partial charge < -0.3 is 9.80 Å². The van der Waals surface area contributed by atoms with Gasteiger partial charge in [-0.1, -0.05) is 6.08 Å². The second kappa shape index (κ2) is 4.41. The van der Waals surface area contributed by atoms with E-state index in [1.54, 1.807) is 4.90 Å². The Labute approximate surface area is 109 Å². The van der Waals surface area contributed by atoms with Crippen LogP contribution in [0.5, 0.6) is 0 Å². The van der Waals surface area contributed by atoms with Crippen LogP contribution in [0.3, 0.4) is 0 Å². The third-order valence-corrected chi connectivity index (χ3v) is 3.79. The van der Waals surface area contributed by atoms with Gasteiger partial charge in [-0.2, -0.15) is 0 Å². The number of amides is 2. The van der Waals surface area contributed by atoms with Gasteiger partial charge in [-0.05, 0) is 40.5 Å². The minimum atomic E-state index is -0.265. The first-order valence-corrected chi connectivity index (χ1v) is 6.61. The molecule has 0 aromatic heterocycles. The molecule has 1 unspecified atom stereocenters. The van der Waals surface area contributed by atoms with Gasteiger partial charge in [0.1, 0.15) is 6.04 Å². The molecule has 2 heterocycles. The van der Waals surface area contributed by atoms with E-state index < -0.39 is 0 Å². The summed E-state index contributed by atoms with van der Waals surface area (Å²) in [7, 11) is 0. The molecule has 4 nitrogen and oxygen atoms in total. The van der Waals surface area contributed by atoms with Crippen LogP contribution in [-0.4, -0.2) is 46.3 Å². The van der Waals surface area contributed by atoms with Crippen molar-refractivity contribution in [2.24, 2.45) is 0 Å². The van der Waals surface area contributed by atoms with Gasteiger partial charge in [0.05, 0.1) is 0 Å². The van der Waals surface area contributed by atoms with Gasteiger partial charge in [-0.25, -0.2) is 0 Å². The zero-order valence-electron chi connectivity index (χ0n) is 11.7. The van der Waals surface area contributed by atoms with Crippen molar-refractivity contribution in [2.75, 3.05) is 13.1 Å². The molecular formula is C14H22N2O2. The van der Waals surface area contributed by atoms with E-state index in [9.17, 15) is 9.59 Å². The summed E-state index contributed by atoms with van der Waals surface area (Å²) in [5.74, 6) is 0.129. The van der Waals surface area contributed by atoms with E-state index >= 15 is 0 Å². The second-order valence-corrected chi connectivity index (χ2v) is 6.14. The monoisotopic (exact) mass is 250 g/mol. The molecule has 2 aliphatic rings. The largest absolute Gasteiger partial charge is 0.334 e. The third kappa shape index (κ3) is 2.16. The second-order valence-electron chi connectivity index (χ2n) is 6.14. The summed E-state index contributed by atoms with van der Waals surface area (Å²) in [6, 6.07) is -0.265. The molecule has 0 spiro atoms. The van der Waals surface area contributed by atoms with Crippen LogP contribution in [0.2, 0.25) is 0 Å². The van der Waals surface area contributed by atoms with E-state index in [2.05, 4.69) is 0 Å². The highest BCUT2D eigenvalue weighted by atomic mass is 16.2. The number of allylic oxidation sites excluding steroid dienone is 1. The highest BCUT2D eigenvalue weighted by Crippen LogP contribution is 2.26. The molecule has 0 bridgehead atoms. The average molecular weight is 250 g/mol. The summed E-state index contributed by atoms with van der Waals surface area (Å²) in [4.78, 5) is 28.3. The Morgan fingerprint density at radius 3 is 2.50 bits per heavy atom. The normalized spacial score (nSPS) is 25.8. The van der Waals surface area contributed by atoms with Crippen molar-refractivity contribution in [1.29, 1.82) is 0 Å². The predicted molar refractivity (Wildman–Crippen MR) is 70.0 cm³/mol. The zero-order chi connectivity index (χ0) is 13.5. The molecule has 1 fully saturated rings. The van der Waals surface area contributed by atoms with Crippen molar-refractivity contribution in [3.63, 3.8) is 0 Å². The van der Waals surface area contributed by atoms with Crippen LogP contribution in [0.15, 0.2) is 11.6 Å². The van der Waals surface area contributed by atoms with Crippen molar-refractivity contribution in [3.05, 3.63) is 11.6 Å². The number of nitrogens with zero attached hydrogens (tertiary/aromatic N) is 2. The first-order chi connectivity index (χ1) is 8.32. The molecule has 0 saturated carbocycles. The summed E-state index contributed by atoms with van der Waals surface area (Å²) in [6.45, 7) is 9.26. The fraction of sp³-hybridized carbons (Fsp3) is 0.714. The Bertz CT molecular complexity index is 407. The van der Waals surface area contributed by atoms with Crippen molar-refractivity contribution >= 4 is 11.8 Å². The minimum absolute atomic E-state index is 0.0272. The standard InChI is InChI=1S/C14H22N2O2/c1-10-6-5-7-11-13(18)16(14(2,3)4)9-8-15(11)12(10)17/h6,11H,5,7-9H2,1-4H3. The van der Waals surface area contributed by atoms with E-state index in [0.29, 0.717) is 13.1 Å². The van der Waals surface area contributed by atoms with Crippen LogP contribution in [0.4, 0.5) is 0 Å². The van der Waals surface area contributed by atoms with Gasteiger partial charge in [-0.3, -0.25) is 9.59 Å². The fourth-order valence-electron chi connectivity index (χ4n) is 2.75. The lowest BCUT2D eigenvalue weighted by Crippen LogP contribution is -2.62. The maximum Gasteiger partial charge on any atom is 0.249 e. The van der Waals surface area contributed by atoms with Gasteiger partial charge in [0, 0.05) is 24.2 Å². The number of fused-ring (bicyclic) bond motifs is 1. The number of carbonyl (C=O) groups excluding carboxylic acids is 2. The highest BCUT2D eigenvalue weighted by molar-refractivity contribution is 5.97. The van der Waals surface area contributed by atoms with E-state index in [1.807, 2.05) is 38.7 Å². The fourth-order valence-corrected chi connectivity index (χ4v) is 2.75. The van der Waals surface area contributed by atoms with Crippen molar-refractivity contribution in [2.45, 2.75) is 52.1 Å². The molecule has 1 saturated heterocycles. The molecule has 18 heavy (non-hydrogen) atoms. The maximum atomic E-state index is 12.5. The summed E-state index contributed by atoms with van der Waals surface area (Å²) in [6.07, 6.45) is 3.51. The van der Waals surface area contributed by atoms with Crippen molar-refractivity contribution in [3.8, 4) is 0 Å². The van der Waals surface area contributed by atoms with Gasteiger partial charge in [-0.15, -0.1) is 0 Å². The number of rotatable bonds is 0. The Balaban J connectivity index is 2.25. The number of hydrogen-bond donors (Lipinski definition) is 0. The van der Waals surface area contributed by atoms with Crippen molar-refractivity contribution < 1.29 is 9.59 Å². The molecule has 0 aliphatic carbocycles. The number of carbonyl (C=O) groups is 2.